The fourth-order valence-electron chi connectivity index (χ4n) is 6.45. The highest BCUT2D eigenvalue weighted by atomic mass is 16.5. The Balaban J connectivity index is 1.18. The van der Waals surface area contributed by atoms with Crippen LogP contribution in [0.5, 0.6) is 0 Å². The molecule has 7 heteroatoms. The minimum absolute atomic E-state index is 0.176. The zero-order chi connectivity index (χ0) is 22.5. The molecule has 2 saturated carbocycles. The van der Waals surface area contributed by atoms with Crippen molar-refractivity contribution in [2.45, 2.75) is 89.7 Å². The second kappa shape index (κ2) is 11.6. The first kappa shape index (κ1) is 24.4. The highest BCUT2D eigenvalue weighted by Gasteiger charge is 2.34. The molecule has 3 N–H and O–H groups in total. The van der Waals surface area contributed by atoms with Crippen molar-refractivity contribution in [2.24, 2.45) is 17.8 Å². The van der Waals surface area contributed by atoms with Crippen LogP contribution in [-0.4, -0.2) is 86.6 Å². The van der Waals surface area contributed by atoms with Gasteiger partial charge in [0.1, 0.15) is 6.29 Å². The number of carbonyl (C=O) groups excluding carboxylic acids is 1. The number of nitrogens with one attached hydrogen (secondary N) is 3. The molecule has 2 aliphatic heterocycles. The molecule has 0 radical (unpaired) electrons. The molecular weight excluding hydrogens is 402 g/mol. The molecule has 2 heterocycles. The maximum absolute atomic E-state index is 13.2. The largest absolute Gasteiger partial charge is 0.381 e. The molecule has 0 aromatic heterocycles. The molecule has 1 amide bonds. The number of methoxy groups -OCH3 is 1. The summed E-state index contributed by atoms with van der Waals surface area (Å²) >= 11 is 0. The van der Waals surface area contributed by atoms with Crippen molar-refractivity contribution in [1.82, 2.24) is 25.8 Å². The number of carbonyl (C=O) groups is 1. The van der Waals surface area contributed by atoms with E-state index in [0.29, 0.717) is 24.1 Å². The van der Waals surface area contributed by atoms with Crippen molar-refractivity contribution in [3.05, 3.63) is 0 Å². The summed E-state index contributed by atoms with van der Waals surface area (Å²) in [6.07, 6.45) is 10.0. The topological polar surface area (TPSA) is 68.9 Å². The maximum atomic E-state index is 13.2. The molecule has 0 bridgehead atoms. The number of ether oxygens (including phenoxy) is 1. The molecule has 32 heavy (non-hydrogen) atoms. The molecular formula is C25H47N5O2. The third-order valence-corrected chi connectivity index (χ3v) is 8.67. The first-order valence-corrected chi connectivity index (χ1v) is 13.3. The van der Waals surface area contributed by atoms with Crippen LogP contribution >= 0.6 is 0 Å². The van der Waals surface area contributed by atoms with Crippen molar-refractivity contribution in [2.75, 3.05) is 46.4 Å². The Hall–Kier alpha value is -0.730. The van der Waals surface area contributed by atoms with Gasteiger partial charge in [0.2, 0.25) is 5.91 Å². The van der Waals surface area contributed by atoms with Gasteiger partial charge in [0.05, 0.1) is 6.10 Å². The molecule has 2 unspecified atom stereocenters. The first-order chi connectivity index (χ1) is 15.5. The van der Waals surface area contributed by atoms with Gasteiger partial charge in [-0.3, -0.25) is 25.6 Å². The number of nitrogens with zero attached hydrogens (tertiary/aromatic N) is 2. The smallest absolute Gasteiger partial charge is 0.225 e. The Morgan fingerprint density at radius 1 is 0.938 bits per heavy atom. The standard InChI is InChI=1S/C25H47N5O2/c1-18(2)29-11-13-30(14-12-29)24(31)20-5-4-6-22(15-20)28-25-26-16-21(17-27-25)19-7-9-23(32-3)10-8-19/h18-23,25-28H,4-17H2,1-3H3. The fraction of sp³-hybridized carbons (Fsp3) is 0.960. The highest BCUT2D eigenvalue weighted by Crippen LogP contribution is 2.32. The number of rotatable bonds is 6. The quantitative estimate of drug-likeness (QED) is 0.576. The lowest BCUT2D eigenvalue weighted by Gasteiger charge is -2.41. The lowest BCUT2D eigenvalue weighted by molar-refractivity contribution is -0.139. The van der Waals surface area contributed by atoms with E-state index in [1.165, 1.54) is 32.1 Å². The van der Waals surface area contributed by atoms with E-state index in [-0.39, 0.29) is 12.2 Å². The van der Waals surface area contributed by atoms with Gasteiger partial charge in [-0.15, -0.1) is 0 Å². The Morgan fingerprint density at radius 2 is 1.62 bits per heavy atom. The van der Waals surface area contributed by atoms with Gasteiger partial charge in [0, 0.05) is 64.4 Å². The third-order valence-electron chi connectivity index (χ3n) is 8.67. The average Bonchev–Trinajstić information content (AvgIpc) is 2.84. The molecule has 0 aromatic rings. The summed E-state index contributed by atoms with van der Waals surface area (Å²) in [5.74, 6) is 2.13. The average molecular weight is 450 g/mol. The van der Waals surface area contributed by atoms with Crippen molar-refractivity contribution >= 4 is 5.91 Å². The third kappa shape index (κ3) is 6.23. The van der Waals surface area contributed by atoms with Crippen LogP contribution in [0.2, 0.25) is 0 Å². The zero-order valence-corrected chi connectivity index (χ0v) is 20.7. The summed E-state index contributed by atoms with van der Waals surface area (Å²) in [5, 5.41) is 11.2. The van der Waals surface area contributed by atoms with Crippen LogP contribution in [0, 0.1) is 17.8 Å². The second-order valence-corrected chi connectivity index (χ2v) is 11.0. The molecule has 0 spiro atoms. The molecule has 4 fully saturated rings. The lowest BCUT2D eigenvalue weighted by atomic mass is 9.78. The van der Waals surface area contributed by atoms with Crippen molar-refractivity contribution < 1.29 is 9.53 Å². The lowest BCUT2D eigenvalue weighted by Crippen LogP contribution is -2.63. The van der Waals surface area contributed by atoms with Crippen molar-refractivity contribution in [1.29, 1.82) is 0 Å². The summed E-state index contributed by atoms with van der Waals surface area (Å²) < 4.78 is 5.54. The molecule has 2 aliphatic carbocycles. The van der Waals surface area contributed by atoms with E-state index in [0.717, 1.165) is 70.4 Å². The predicted molar refractivity (Wildman–Crippen MR) is 128 cm³/mol. The van der Waals surface area contributed by atoms with Gasteiger partial charge in [-0.25, -0.2) is 0 Å². The minimum Gasteiger partial charge on any atom is -0.381 e. The second-order valence-electron chi connectivity index (χ2n) is 11.0. The first-order valence-electron chi connectivity index (χ1n) is 13.3. The van der Waals surface area contributed by atoms with E-state index < -0.39 is 0 Å². The van der Waals surface area contributed by atoms with Gasteiger partial charge in [-0.2, -0.15) is 0 Å². The van der Waals surface area contributed by atoms with Gasteiger partial charge in [-0.05, 0) is 70.6 Å². The monoisotopic (exact) mass is 449 g/mol. The summed E-state index contributed by atoms with van der Waals surface area (Å²) in [7, 11) is 1.85. The SMILES string of the molecule is COC1CCC(C2CNC(NC3CCCC(C(=O)N4CCN(C(C)C)CC4)C3)NC2)CC1. The van der Waals surface area contributed by atoms with Crippen LogP contribution in [0.15, 0.2) is 0 Å². The van der Waals surface area contributed by atoms with Gasteiger partial charge in [0.15, 0.2) is 0 Å². The van der Waals surface area contributed by atoms with E-state index in [2.05, 4.69) is 39.6 Å². The van der Waals surface area contributed by atoms with E-state index >= 15 is 0 Å². The summed E-state index contributed by atoms with van der Waals surface area (Å²) in [4.78, 5) is 17.8. The van der Waals surface area contributed by atoms with Crippen molar-refractivity contribution in [3.8, 4) is 0 Å². The van der Waals surface area contributed by atoms with E-state index in [1.807, 2.05) is 7.11 Å². The van der Waals surface area contributed by atoms with Crippen LogP contribution < -0.4 is 16.0 Å². The molecule has 4 aliphatic rings. The zero-order valence-electron chi connectivity index (χ0n) is 20.7. The summed E-state index contributed by atoms with van der Waals surface area (Å²) in [5.41, 5.74) is 0. The minimum atomic E-state index is 0.176. The Labute approximate surface area is 195 Å². The molecule has 7 nitrogen and oxygen atoms in total. The van der Waals surface area contributed by atoms with Crippen molar-refractivity contribution in [3.63, 3.8) is 0 Å². The van der Waals surface area contributed by atoms with Gasteiger partial charge in [-0.1, -0.05) is 6.42 Å². The van der Waals surface area contributed by atoms with Crippen LogP contribution in [0.1, 0.15) is 65.2 Å². The van der Waals surface area contributed by atoms with Crippen LogP contribution in [0.4, 0.5) is 0 Å². The molecule has 2 saturated heterocycles. The van der Waals surface area contributed by atoms with Crippen LogP contribution in [0.3, 0.4) is 0 Å². The number of piperazine rings is 1. The fourth-order valence-corrected chi connectivity index (χ4v) is 6.45. The van der Waals surface area contributed by atoms with Crippen LogP contribution in [0.25, 0.3) is 0 Å². The Bertz CT molecular complexity index is 579. The summed E-state index contributed by atoms with van der Waals surface area (Å²) in [6, 6.07) is 0.999. The molecule has 2 atom stereocenters. The van der Waals surface area contributed by atoms with Crippen LogP contribution in [-0.2, 0) is 9.53 Å². The number of hydrogen-bond donors (Lipinski definition) is 3. The molecule has 0 aromatic carbocycles. The van der Waals surface area contributed by atoms with Gasteiger partial charge < -0.3 is 9.64 Å². The number of amides is 1. The van der Waals surface area contributed by atoms with Gasteiger partial charge in [0.25, 0.3) is 0 Å². The highest BCUT2D eigenvalue weighted by molar-refractivity contribution is 5.79. The Morgan fingerprint density at radius 3 is 2.25 bits per heavy atom. The maximum Gasteiger partial charge on any atom is 0.225 e. The molecule has 184 valence electrons. The van der Waals surface area contributed by atoms with Gasteiger partial charge >= 0.3 is 0 Å². The van der Waals surface area contributed by atoms with E-state index in [1.54, 1.807) is 0 Å². The summed E-state index contributed by atoms with van der Waals surface area (Å²) in [6.45, 7) is 10.5. The van der Waals surface area contributed by atoms with E-state index in [4.69, 9.17) is 4.74 Å². The molecule has 4 rings (SSSR count). The Kier molecular flexibility index (Phi) is 8.85. The van der Waals surface area contributed by atoms with E-state index in [9.17, 15) is 4.79 Å². The number of hydrogen-bond acceptors (Lipinski definition) is 6. The predicted octanol–water partition coefficient (Wildman–Crippen LogP) is 1.99. The normalized spacial score (nSPS) is 37.6.